The Bertz CT molecular complexity index is 1220. The van der Waals surface area contributed by atoms with Gasteiger partial charge in [0.15, 0.2) is 11.5 Å². The molecule has 0 radical (unpaired) electrons. The predicted octanol–water partition coefficient (Wildman–Crippen LogP) is 4.07. The topological polar surface area (TPSA) is 48.0 Å². The van der Waals surface area contributed by atoms with Gasteiger partial charge in [0.2, 0.25) is 0 Å². The van der Waals surface area contributed by atoms with Crippen LogP contribution >= 0.6 is 0 Å². The lowest BCUT2D eigenvalue weighted by Crippen LogP contribution is -2.79. The Morgan fingerprint density at radius 1 is 1.18 bits per heavy atom. The van der Waals surface area contributed by atoms with Crippen molar-refractivity contribution in [1.82, 2.24) is 4.90 Å². The number of Topliss-reactive ketones (excluding diaryl/α,β-unsaturated/α-hetero) is 1. The van der Waals surface area contributed by atoms with Crippen molar-refractivity contribution < 1.29 is 19.0 Å². The van der Waals surface area contributed by atoms with Gasteiger partial charge in [0, 0.05) is 24.1 Å². The molecule has 0 amide bonds. The number of nitrogens with zero attached hydrogens (tertiary/aromatic N) is 1. The highest BCUT2D eigenvalue weighted by Gasteiger charge is 2.79. The molecule has 0 N–H and O–H groups in total. The molecule has 5 heteroatoms. The van der Waals surface area contributed by atoms with E-state index in [1.807, 2.05) is 18.2 Å². The molecule has 5 nitrogen and oxygen atoms in total. The van der Waals surface area contributed by atoms with E-state index in [1.165, 1.54) is 11.1 Å². The number of rotatable bonds is 5. The van der Waals surface area contributed by atoms with Crippen LogP contribution in [0.15, 0.2) is 54.6 Å². The summed E-state index contributed by atoms with van der Waals surface area (Å²) in [7, 11) is 3.98. The van der Waals surface area contributed by atoms with E-state index >= 15 is 0 Å². The van der Waals surface area contributed by atoms with E-state index in [9.17, 15) is 4.79 Å². The monoisotopic (exact) mass is 457 g/mol. The highest BCUT2D eigenvalue weighted by molar-refractivity contribution is 5.82. The van der Waals surface area contributed by atoms with Gasteiger partial charge in [-0.25, -0.2) is 0 Å². The summed E-state index contributed by atoms with van der Waals surface area (Å²) in [5, 5.41) is 0. The number of benzene rings is 2. The number of carbonyl (C=O) groups is 1. The van der Waals surface area contributed by atoms with E-state index in [0.717, 1.165) is 42.9 Å². The Morgan fingerprint density at radius 3 is 2.76 bits per heavy atom. The quantitative estimate of drug-likeness (QED) is 0.634. The van der Waals surface area contributed by atoms with Crippen LogP contribution < -0.4 is 9.47 Å². The first-order valence-electron chi connectivity index (χ1n) is 12.4. The fourth-order valence-electron chi connectivity index (χ4n) is 8.35. The van der Waals surface area contributed by atoms with Crippen LogP contribution in [-0.2, 0) is 28.0 Å². The number of ether oxygens (including phenoxy) is 3. The smallest absolute Gasteiger partial charge is 0.166 e. The number of hydrogen-bond donors (Lipinski definition) is 0. The van der Waals surface area contributed by atoms with Crippen molar-refractivity contribution in [2.75, 3.05) is 20.7 Å². The Labute approximate surface area is 200 Å². The van der Waals surface area contributed by atoms with Crippen molar-refractivity contribution in [2.45, 2.75) is 56.0 Å². The van der Waals surface area contributed by atoms with Crippen LogP contribution in [0.1, 0.15) is 36.5 Å². The van der Waals surface area contributed by atoms with Crippen molar-refractivity contribution in [1.29, 1.82) is 0 Å². The molecule has 0 aromatic heterocycles. The molecule has 1 saturated heterocycles. The van der Waals surface area contributed by atoms with E-state index < -0.39 is 5.60 Å². The van der Waals surface area contributed by atoms with Gasteiger partial charge < -0.3 is 19.1 Å². The fraction of sp³-hybridized carbons (Fsp3) is 0.483. The molecule has 2 aromatic carbocycles. The number of likely N-dealkylation sites (tertiary alicyclic amines) is 1. The van der Waals surface area contributed by atoms with Gasteiger partial charge in [-0.2, -0.15) is 0 Å². The zero-order valence-corrected chi connectivity index (χ0v) is 20.0. The fourth-order valence-corrected chi connectivity index (χ4v) is 8.35. The first kappa shape index (κ1) is 20.7. The normalized spacial score (nSPS) is 38.4. The molecule has 2 aromatic rings. The van der Waals surface area contributed by atoms with E-state index in [2.05, 4.69) is 48.4 Å². The Kier molecular flexibility index (Phi) is 4.10. The molecule has 4 aliphatic carbocycles. The number of likely N-dealkylation sites (N-methyl/N-ethyl adjacent to an activating group) is 1. The van der Waals surface area contributed by atoms with Gasteiger partial charge in [-0.15, -0.1) is 0 Å². The average molecular weight is 458 g/mol. The molecular formula is C29H31NO4. The van der Waals surface area contributed by atoms with Crippen LogP contribution in [0.2, 0.25) is 0 Å². The molecule has 4 bridgehead atoms. The molecule has 176 valence electrons. The van der Waals surface area contributed by atoms with E-state index in [4.69, 9.17) is 14.2 Å². The second kappa shape index (κ2) is 6.73. The summed E-state index contributed by atoms with van der Waals surface area (Å²) >= 11 is 0. The minimum atomic E-state index is -0.752. The van der Waals surface area contributed by atoms with E-state index in [1.54, 1.807) is 14.0 Å². The zero-order valence-electron chi connectivity index (χ0n) is 20.0. The highest BCUT2D eigenvalue weighted by atomic mass is 16.6. The third-order valence-electron chi connectivity index (χ3n) is 9.79. The summed E-state index contributed by atoms with van der Waals surface area (Å²) in [6.07, 6.45) is 7.13. The van der Waals surface area contributed by atoms with Gasteiger partial charge in [-0.3, -0.25) is 4.79 Å². The summed E-state index contributed by atoms with van der Waals surface area (Å²) in [6, 6.07) is 14.9. The number of methoxy groups -OCH3 is 1. The molecule has 8 rings (SSSR count). The molecule has 1 saturated carbocycles. The first-order valence-corrected chi connectivity index (χ1v) is 12.4. The van der Waals surface area contributed by atoms with Gasteiger partial charge in [-0.1, -0.05) is 48.6 Å². The number of piperidine rings is 1. The van der Waals surface area contributed by atoms with Crippen molar-refractivity contribution in [2.24, 2.45) is 11.3 Å². The summed E-state index contributed by atoms with van der Waals surface area (Å²) in [5.41, 5.74) is 2.72. The van der Waals surface area contributed by atoms with Gasteiger partial charge in [0.05, 0.1) is 11.3 Å². The number of carbonyl (C=O) groups excluding carboxylic acids is 1. The molecule has 1 unspecified atom stereocenters. The van der Waals surface area contributed by atoms with Gasteiger partial charge in [0.25, 0.3) is 0 Å². The predicted molar refractivity (Wildman–Crippen MR) is 128 cm³/mol. The van der Waals surface area contributed by atoms with Crippen molar-refractivity contribution >= 4 is 5.78 Å². The van der Waals surface area contributed by atoms with Crippen LogP contribution in [0.25, 0.3) is 0 Å². The van der Waals surface area contributed by atoms with Crippen LogP contribution in [-0.4, -0.2) is 49.1 Å². The number of fused-ring (bicyclic) bond motifs is 1. The molecule has 2 aliphatic heterocycles. The summed E-state index contributed by atoms with van der Waals surface area (Å²) < 4.78 is 19.6. The maximum absolute atomic E-state index is 13.0. The van der Waals surface area contributed by atoms with E-state index in [-0.39, 0.29) is 28.6 Å². The SMILES string of the molecule is COC12C=C[C@]3(C[C@@H]1C(C)=O)[C@H]1Cc4ccc(OCc5ccccc5)c5c4[C@@]3(CCN1C)[C@H]2O5. The lowest BCUT2D eigenvalue weighted by molar-refractivity contribution is -0.212. The van der Waals surface area contributed by atoms with Crippen molar-refractivity contribution in [3.63, 3.8) is 0 Å². The van der Waals surface area contributed by atoms with Gasteiger partial charge in [0.1, 0.15) is 24.1 Å². The summed E-state index contributed by atoms with van der Waals surface area (Å²) in [6.45, 7) is 3.22. The van der Waals surface area contributed by atoms with Crippen LogP contribution in [0.4, 0.5) is 0 Å². The number of ketones is 1. The molecular weight excluding hydrogens is 426 g/mol. The van der Waals surface area contributed by atoms with Crippen LogP contribution in [0, 0.1) is 11.3 Å². The first-order chi connectivity index (χ1) is 16.5. The average Bonchev–Trinajstić information content (AvgIpc) is 3.23. The molecule has 2 heterocycles. The Morgan fingerprint density at radius 2 is 2.00 bits per heavy atom. The Hall–Kier alpha value is -2.63. The minimum absolute atomic E-state index is 0.141. The lowest BCUT2D eigenvalue weighted by Gasteiger charge is -2.70. The second-order valence-electron chi connectivity index (χ2n) is 10.9. The molecule has 2 fully saturated rings. The minimum Gasteiger partial charge on any atom is -0.485 e. The van der Waals surface area contributed by atoms with Crippen LogP contribution in [0.3, 0.4) is 0 Å². The van der Waals surface area contributed by atoms with Crippen molar-refractivity contribution in [3.8, 4) is 11.5 Å². The summed E-state index contributed by atoms with van der Waals surface area (Å²) in [5.74, 6) is 1.65. The van der Waals surface area contributed by atoms with Crippen molar-refractivity contribution in [3.05, 3.63) is 71.3 Å². The maximum Gasteiger partial charge on any atom is 0.166 e. The highest BCUT2D eigenvalue weighted by Crippen LogP contribution is 2.74. The largest absolute Gasteiger partial charge is 0.485 e. The molecule has 2 spiro atoms. The standard InChI is InChI=1S/C29H31NO4/c1-18(31)21-16-27-11-12-29(21,32-3)26-28(27)13-14-30(2)23(27)15-20-9-10-22(25(34-26)24(20)28)33-17-19-7-5-4-6-8-19/h4-12,21,23,26H,13-17H2,1-3H3/t21-,23-,26-,27+,28+,29?/m1/s1. The summed E-state index contributed by atoms with van der Waals surface area (Å²) in [4.78, 5) is 15.5. The number of hydrogen-bond acceptors (Lipinski definition) is 5. The maximum atomic E-state index is 13.0. The third kappa shape index (κ3) is 2.21. The zero-order chi connectivity index (χ0) is 23.3. The van der Waals surface area contributed by atoms with E-state index in [0.29, 0.717) is 12.6 Å². The van der Waals surface area contributed by atoms with Gasteiger partial charge in [-0.05, 0) is 57.0 Å². The third-order valence-corrected chi connectivity index (χ3v) is 9.79. The second-order valence-corrected chi connectivity index (χ2v) is 10.9. The lowest BCUT2D eigenvalue weighted by atomic mass is 9.37. The van der Waals surface area contributed by atoms with Gasteiger partial charge >= 0.3 is 0 Å². The molecule has 6 atom stereocenters. The van der Waals surface area contributed by atoms with Crippen LogP contribution in [0.5, 0.6) is 11.5 Å². The Balaban J connectivity index is 1.42. The molecule has 34 heavy (non-hydrogen) atoms. The molecule has 6 aliphatic rings.